The van der Waals surface area contributed by atoms with Crippen LogP contribution < -0.4 is 5.73 Å². The van der Waals surface area contributed by atoms with Gasteiger partial charge in [0.2, 0.25) is 0 Å². The van der Waals surface area contributed by atoms with Gasteiger partial charge in [-0.05, 0) is 19.5 Å². The highest BCUT2D eigenvalue weighted by Crippen LogP contribution is 1.91. The smallest absolute Gasteiger partial charge is 0.0593 e. The summed E-state index contributed by atoms with van der Waals surface area (Å²) >= 11 is 0. The molecule has 0 aliphatic heterocycles. The van der Waals surface area contributed by atoms with Gasteiger partial charge in [0.15, 0.2) is 0 Å². The van der Waals surface area contributed by atoms with Crippen LogP contribution >= 0.6 is 0 Å². The molecule has 0 aliphatic carbocycles. The maximum Gasteiger partial charge on any atom is 0.0593 e. The summed E-state index contributed by atoms with van der Waals surface area (Å²) in [7, 11) is 2.04. The molecule has 0 unspecified atom stereocenters. The van der Waals surface area contributed by atoms with Gasteiger partial charge in [-0.15, -0.1) is 0 Å². The molecule has 0 aromatic rings. The van der Waals surface area contributed by atoms with Gasteiger partial charge in [0.1, 0.15) is 0 Å². The van der Waals surface area contributed by atoms with E-state index in [1.165, 1.54) is 0 Å². The molecule has 0 bridgehead atoms. The summed E-state index contributed by atoms with van der Waals surface area (Å²) in [6.07, 6.45) is 0. The zero-order valence-electron chi connectivity index (χ0n) is 8.18. The van der Waals surface area contributed by atoms with Crippen molar-refractivity contribution < 1.29 is 4.74 Å². The molecule has 72 valence electrons. The van der Waals surface area contributed by atoms with Crippen molar-refractivity contribution in [3.63, 3.8) is 0 Å². The molecule has 0 radical (unpaired) electrons. The number of rotatable bonds is 7. The summed E-state index contributed by atoms with van der Waals surface area (Å²) in [6.45, 7) is 9.77. The number of hydrogen-bond donors (Lipinski definition) is 1. The van der Waals surface area contributed by atoms with Gasteiger partial charge in [-0.25, -0.2) is 0 Å². The van der Waals surface area contributed by atoms with Gasteiger partial charge >= 0.3 is 0 Å². The monoisotopic (exact) mass is 172 g/mol. The van der Waals surface area contributed by atoms with E-state index in [0.717, 1.165) is 31.9 Å². The van der Waals surface area contributed by atoms with Crippen LogP contribution in [0.5, 0.6) is 0 Å². The first-order valence-corrected chi connectivity index (χ1v) is 4.33. The Hall–Kier alpha value is -0.380. The third kappa shape index (κ3) is 6.34. The SMILES string of the molecule is C=C(CN)CN(C)CCOCC. The molecule has 0 amide bonds. The van der Waals surface area contributed by atoms with Crippen LogP contribution in [0.15, 0.2) is 12.2 Å². The molecule has 0 saturated carbocycles. The second-order valence-electron chi connectivity index (χ2n) is 2.89. The third-order valence-corrected chi connectivity index (χ3v) is 1.60. The predicted octanol–water partition coefficient (Wildman–Crippen LogP) is 0.470. The number of ether oxygens (including phenoxy) is 1. The molecule has 0 spiro atoms. The summed E-state index contributed by atoms with van der Waals surface area (Å²) in [5.74, 6) is 0. The summed E-state index contributed by atoms with van der Waals surface area (Å²) in [6, 6.07) is 0. The van der Waals surface area contributed by atoms with Crippen LogP contribution in [0.2, 0.25) is 0 Å². The summed E-state index contributed by atoms with van der Waals surface area (Å²) < 4.78 is 5.22. The highest BCUT2D eigenvalue weighted by Gasteiger charge is 1.98. The van der Waals surface area contributed by atoms with E-state index >= 15 is 0 Å². The first kappa shape index (κ1) is 11.6. The average Bonchev–Trinajstić information content (AvgIpc) is 2.05. The summed E-state index contributed by atoms with van der Waals surface area (Å²) in [5.41, 5.74) is 6.48. The van der Waals surface area contributed by atoms with Gasteiger partial charge in [0.05, 0.1) is 6.61 Å². The van der Waals surface area contributed by atoms with Crippen molar-refractivity contribution in [1.29, 1.82) is 0 Å². The Kier molecular flexibility index (Phi) is 7.05. The fraction of sp³-hybridized carbons (Fsp3) is 0.778. The Balaban J connectivity index is 3.32. The van der Waals surface area contributed by atoms with Gasteiger partial charge in [-0.3, -0.25) is 0 Å². The number of nitrogens with zero attached hydrogens (tertiary/aromatic N) is 1. The van der Waals surface area contributed by atoms with Crippen LogP contribution in [0.1, 0.15) is 6.92 Å². The van der Waals surface area contributed by atoms with E-state index in [-0.39, 0.29) is 0 Å². The average molecular weight is 172 g/mol. The molecule has 0 heterocycles. The van der Waals surface area contributed by atoms with Crippen molar-refractivity contribution in [2.75, 3.05) is 39.9 Å². The Morgan fingerprint density at radius 3 is 2.75 bits per heavy atom. The van der Waals surface area contributed by atoms with Crippen LogP contribution in [-0.4, -0.2) is 44.8 Å². The molecule has 3 nitrogen and oxygen atoms in total. The van der Waals surface area contributed by atoms with Crippen molar-refractivity contribution in [2.24, 2.45) is 5.73 Å². The number of nitrogens with two attached hydrogens (primary N) is 1. The van der Waals surface area contributed by atoms with Crippen LogP contribution in [0.25, 0.3) is 0 Å². The van der Waals surface area contributed by atoms with Gasteiger partial charge in [0, 0.05) is 26.2 Å². The molecule has 0 aromatic carbocycles. The number of likely N-dealkylation sites (N-methyl/N-ethyl adjacent to an activating group) is 1. The Morgan fingerprint density at radius 2 is 2.25 bits per heavy atom. The molecule has 0 atom stereocenters. The lowest BCUT2D eigenvalue weighted by Gasteiger charge is -2.16. The Labute approximate surface area is 75.2 Å². The summed E-state index contributed by atoms with van der Waals surface area (Å²) in [4.78, 5) is 2.16. The fourth-order valence-electron chi connectivity index (χ4n) is 0.890. The first-order valence-electron chi connectivity index (χ1n) is 4.33. The second kappa shape index (κ2) is 7.28. The predicted molar refractivity (Wildman–Crippen MR) is 52.2 cm³/mol. The fourth-order valence-corrected chi connectivity index (χ4v) is 0.890. The van der Waals surface area contributed by atoms with E-state index in [1.54, 1.807) is 0 Å². The zero-order valence-corrected chi connectivity index (χ0v) is 8.18. The van der Waals surface area contributed by atoms with Crippen molar-refractivity contribution in [2.45, 2.75) is 6.92 Å². The van der Waals surface area contributed by atoms with E-state index in [9.17, 15) is 0 Å². The number of hydrogen-bond acceptors (Lipinski definition) is 3. The maximum absolute atomic E-state index is 5.42. The van der Waals surface area contributed by atoms with Gasteiger partial charge in [-0.1, -0.05) is 6.58 Å². The minimum absolute atomic E-state index is 0.568. The summed E-state index contributed by atoms with van der Waals surface area (Å²) in [5, 5.41) is 0. The van der Waals surface area contributed by atoms with Crippen LogP contribution in [0.4, 0.5) is 0 Å². The lowest BCUT2D eigenvalue weighted by molar-refractivity contribution is 0.125. The van der Waals surface area contributed by atoms with Crippen molar-refractivity contribution in [3.8, 4) is 0 Å². The normalized spacial score (nSPS) is 10.7. The molecule has 0 rings (SSSR count). The van der Waals surface area contributed by atoms with E-state index < -0.39 is 0 Å². The lowest BCUT2D eigenvalue weighted by Crippen LogP contribution is -2.27. The van der Waals surface area contributed by atoms with E-state index in [1.807, 2.05) is 14.0 Å². The second-order valence-corrected chi connectivity index (χ2v) is 2.89. The van der Waals surface area contributed by atoms with Gasteiger partial charge < -0.3 is 15.4 Å². The Morgan fingerprint density at radius 1 is 1.58 bits per heavy atom. The zero-order chi connectivity index (χ0) is 9.40. The minimum Gasteiger partial charge on any atom is -0.380 e. The van der Waals surface area contributed by atoms with E-state index in [2.05, 4.69) is 11.5 Å². The van der Waals surface area contributed by atoms with Crippen molar-refractivity contribution in [3.05, 3.63) is 12.2 Å². The largest absolute Gasteiger partial charge is 0.380 e. The quantitative estimate of drug-likeness (QED) is 0.448. The van der Waals surface area contributed by atoms with E-state index in [0.29, 0.717) is 6.54 Å². The van der Waals surface area contributed by atoms with Crippen molar-refractivity contribution in [1.82, 2.24) is 4.90 Å². The van der Waals surface area contributed by atoms with Crippen LogP contribution in [0, 0.1) is 0 Å². The molecule has 0 aromatic heterocycles. The molecule has 3 heteroatoms. The molecule has 0 saturated heterocycles. The van der Waals surface area contributed by atoms with Gasteiger partial charge in [0.25, 0.3) is 0 Å². The molecule has 12 heavy (non-hydrogen) atoms. The van der Waals surface area contributed by atoms with Crippen molar-refractivity contribution >= 4 is 0 Å². The molecule has 2 N–H and O–H groups in total. The molecule has 0 aliphatic rings. The third-order valence-electron chi connectivity index (χ3n) is 1.60. The highest BCUT2D eigenvalue weighted by atomic mass is 16.5. The topological polar surface area (TPSA) is 38.5 Å². The minimum atomic E-state index is 0.568. The van der Waals surface area contributed by atoms with E-state index in [4.69, 9.17) is 10.5 Å². The molecule has 0 fully saturated rings. The van der Waals surface area contributed by atoms with Crippen LogP contribution in [-0.2, 0) is 4.74 Å². The lowest BCUT2D eigenvalue weighted by atomic mass is 10.3. The highest BCUT2D eigenvalue weighted by molar-refractivity contribution is 4.97. The maximum atomic E-state index is 5.42. The van der Waals surface area contributed by atoms with Crippen LogP contribution in [0.3, 0.4) is 0 Å². The first-order chi connectivity index (χ1) is 5.70. The Bertz CT molecular complexity index is 126. The molecular weight excluding hydrogens is 152 g/mol. The molecular formula is C9H20N2O. The standard InChI is InChI=1S/C9H20N2O/c1-4-12-6-5-11(3)8-9(2)7-10/h2,4-8,10H2,1,3H3. The van der Waals surface area contributed by atoms with Gasteiger partial charge in [-0.2, -0.15) is 0 Å².